The van der Waals surface area contributed by atoms with Crippen molar-refractivity contribution >= 4 is 0 Å². The average Bonchev–Trinajstić information content (AvgIpc) is 2.35. The fraction of sp³-hybridized carbons (Fsp3) is 0.600. The Labute approximate surface area is 109 Å². The molecule has 1 aliphatic carbocycles. The van der Waals surface area contributed by atoms with Gasteiger partial charge in [0.15, 0.2) is 11.5 Å². The first-order valence-corrected chi connectivity index (χ1v) is 6.37. The highest BCUT2D eigenvalue weighted by molar-refractivity contribution is 5.61. The molecule has 0 heterocycles. The van der Waals surface area contributed by atoms with Crippen molar-refractivity contribution in [3.63, 3.8) is 0 Å². The van der Waals surface area contributed by atoms with Gasteiger partial charge in [0.2, 0.25) is 5.75 Å². The van der Waals surface area contributed by atoms with Crippen molar-refractivity contribution in [3.8, 4) is 17.2 Å². The van der Waals surface area contributed by atoms with Crippen molar-refractivity contribution in [2.75, 3.05) is 21.3 Å². The van der Waals surface area contributed by atoms with Crippen LogP contribution in [0.25, 0.3) is 0 Å². The molecular weight excluding hydrogens is 228 g/mol. The largest absolute Gasteiger partial charge is 0.493 e. The molecule has 1 aliphatic rings. The van der Waals surface area contributed by atoms with Crippen LogP contribution in [0.5, 0.6) is 17.2 Å². The summed E-state index contributed by atoms with van der Waals surface area (Å²) in [6.45, 7) is 4.53. The SMILES string of the molecule is COc1cc2c(c(OC)c1OC)C(C)(C)CCC2. The van der Waals surface area contributed by atoms with Crippen molar-refractivity contribution in [1.29, 1.82) is 0 Å². The smallest absolute Gasteiger partial charge is 0.203 e. The van der Waals surface area contributed by atoms with E-state index in [-0.39, 0.29) is 5.41 Å². The lowest BCUT2D eigenvalue weighted by Gasteiger charge is -2.34. The maximum absolute atomic E-state index is 5.61. The molecule has 0 N–H and O–H groups in total. The van der Waals surface area contributed by atoms with Crippen LogP contribution < -0.4 is 14.2 Å². The van der Waals surface area contributed by atoms with Crippen LogP contribution >= 0.6 is 0 Å². The number of benzene rings is 1. The van der Waals surface area contributed by atoms with E-state index in [0.29, 0.717) is 5.75 Å². The summed E-state index contributed by atoms with van der Waals surface area (Å²) < 4.78 is 16.5. The Bertz CT molecular complexity index is 450. The Balaban J connectivity index is 2.72. The molecule has 0 saturated heterocycles. The highest BCUT2D eigenvalue weighted by Gasteiger charge is 2.34. The van der Waals surface area contributed by atoms with E-state index < -0.39 is 0 Å². The van der Waals surface area contributed by atoms with Crippen molar-refractivity contribution in [3.05, 3.63) is 17.2 Å². The monoisotopic (exact) mass is 250 g/mol. The summed E-state index contributed by atoms with van der Waals surface area (Å²) in [5.74, 6) is 2.29. The summed E-state index contributed by atoms with van der Waals surface area (Å²) in [7, 11) is 5.02. The minimum absolute atomic E-state index is 0.123. The van der Waals surface area contributed by atoms with E-state index in [9.17, 15) is 0 Å². The first-order valence-electron chi connectivity index (χ1n) is 6.37. The number of ether oxygens (including phenoxy) is 3. The molecule has 3 heteroatoms. The molecule has 0 fully saturated rings. The van der Waals surface area contributed by atoms with E-state index in [4.69, 9.17) is 14.2 Å². The van der Waals surface area contributed by atoms with Gasteiger partial charge in [-0.25, -0.2) is 0 Å². The number of fused-ring (bicyclic) bond motifs is 1. The van der Waals surface area contributed by atoms with E-state index in [0.717, 1.165) is 17.9 Å². The molecule has 100 valence electrons. The molecule has 3 nitrogen and oxygen atoms in total. The molecule has 0 bridgehead atoms. The zero-order valence-electron chi connectivity index (χ0n) is 11.9. The lowest BCUT2D eigenvalue weighted by molar-refractivity contribution is 0.309. The number of rotatable bonds is 3. The van der Waals surface area contributed by atoms with Gasteiger partial charge in [-0.05, 0) is 36.3 Å². The molecule has 0 spiro atoms. The molecule has 18 heavy (non-hydrogen) atoms. The first kappa shape index (κ1) is 13.1. The maximum Gasteiger partial charge on any atom is 0.203 e. The van der Waals surface area contributed by atoms with Crippen molar-refractivity contribution in [2.24, 2.45) is 0 Å². The minimum Gasteiger partial charge on any atom is -0.493 e. The van der Waals surface area contributed by atoms with Crippen LogP contribution in [0.4, 0.5) is 0 Å². The highest BCUT2D eigenvalue weighted by Crippen LogP contribution is 2.50. The molecule has 0 atom stereocenters. The summed E-state index contributed by atoms with van der Waals surface area (Å²) in [6, 6.07) is 2.09. The number of hydrogen-bond donors (Lipinski definition) is 0. The number of hydrogen-bond acceptors (Lipinski definition) is 3. The summed E-state index contributed by atoms with van der Waals surface area (Å²) >= 11 is 0. The Kier molecular flexibility index (Phi) is 3.42. The lowest BCUT2D eigenvalue weighted by Crippen LogP contribution is -2.25. The van der Waals surface area contributed by atoms with E-state index in [1.807, 2.05) is 0 Å². The van der Waals surface area contributed by atoms with Crippen LogP contribution in [0.15, 0.2) is 6.07 Å². The van der Waals surface area contributed by atoms with Crippen LogP contribution in [0.3, 0.4) is 0 Å². The topological polar surface area (TPSA) is 27.7 Å². The molecule has 2 rings (SSSR count). The molecule has 1 aromatic carbocycles. The molecule has 1 aromatic rings. The molecule has 0 saturated carbocycles. The zero-order valence-corrected chi connectivity index (χ0v) is 11.9. The third-order valence-corrected chi connectivity index (χ3v) is 3.84. The van der Waals surface area contributed by atoms with Crippen LogP contribution in [0, 0.1) is 0 Å². The van der Waals surface area contributed by atoms with E-state index >= 15 is 0 Å². The number of methoxy groups -OCH3 is 3. The fourth-order valence-corrected chi connectivity index (χ4v) is 2.99. The van der Waals surface area contributed by atoms with Crippen LogP contribution in [0.1, 0.15) is 37.8 Å². The van der Waals surface area contributed by atoms with Gasteiger partial charge in [0, 0.05) is 5.56 Å². The summed E-state index contributed by atoms with van der Waals surface area (Å²) in [5.41, 5.74) is 2.72. The molecule has 0 amide bonds. The second kappa shape index (κ2) is 4.71. The van der Waals surface area contributed by atoms with Gasteiger partial charge in [-0.15, -0.1) is 0 Å². The minimum atomic E-state index is 0.123. The van der Waals surface area contributed by atoms with Crippen molar-refractivity contribution in [2.45, 2.75) is 38.5 Å². The third kappa shape index (κ3) is 1.92. The van der Waals surface area contributed by atoms with Gasteiger partial charge in [0.1, 0.15) is 0 Å². The summed E-state index contributed by atoms with van der Waals surface area (Å²) in [6.07, 6.45) is 3.46. The van der Waals surface area contributed by atoms with Gasteiger partial charge in [0.25, 0.3) is 0 Å². The lowest BCUT2D eigenvalue weighted by atomic mass is 9.72. The van der Waals surface area contributed by atoms with E-state index in [2.05, 4.69) is 19.9 Å². The van der Waals surface area contributed by atoms with Gasteiger partial charge in [0.05, 0.1) is 21.3 Å². The van der Waals surface area contributed by atoms with Crippen LogP contribution in [0.2, 0.25) is 0 Å². The molecule has 0 aliphatic heterocycles. The predicted molar refractivity (Wildman–Crippen MR) is 72.1 cm³/mol. The Morgan fingerprint density at radius 2 is 1.67 bits per heavy atom. The third-order valence-electron chi connectivity index (χ3n) is 3.84. The van der Waals surface area contributed by atoms with Gasteiger partial charge in [-0.3, -0.25) is 0 Å². The summed E-state index contributed by atoms with van der Waals surface area (Å²) in [4.78, 5) is 0. The Hall–Kier alpha value is -1.38. The van der Waals surface area contributed by atoms with Crippen molar-refractivity contribution < 1.29 is 14.2 Å². The van der Waals surface area contributed by atoms with Crippen LogP contribution in [-0.4, -0.2) is 21.3 Å². The predicted octanol–water partition coefficient (Wildman–Crippen LogP) is 3.33. The summed E-state index contributed by atoms with van der Waals surface area (Å²) in [5, 5.41) is 0. The maximum atomic E-state index is 5.61. The molecule has 0 unspecified atom stereocenters. The zero-order chi connectivity index (χ0) is 13.3. The van der Waals surface area contributed by atoms with E-state index in [1.165, 1.54) is 24.0 Å². The second-order valence-electron chi connectivity index (χ2n) is 5.42. The fourth-order valence-electron chi connectivity index (χ4n) is 2.99. The Morgan fingerprint density at radius 1 is 1.00 bits per heavy atom. The van der Waals surface area contributed by atoms with Gasteiger partial charge >= 0.3 is 0 Å². The standard InChI is InChI=1S/C15H22O3/c1-15(2)8-6-7-10-9-11(16-3)13(17-4)14(18-5)12(10)15/h9H,6-8H2,1-5H3. The second-order valence-corrected chi connectivity index (χ2v) is 5.42. The molecule has 0 aromatic heterocycles. The van der Waals surface area contributed by atoms with E-state index in [1.54, 1.807) is 21.3 Å². The van der Waals surface area contributed by atoms with Crippen molar-refractivity contribution in [1.82, 2.24) is 0 Å². The van der Waals surface area contributed by atoms with Crippen LogP contribution in [-0.2, 0) is 11.8 Å². The first-order chi connectivity index (χ1) is 8.55. The normalized spacial score (nSPS) is 16.9. The average molecular weight is 250 g/mol. The Morgan fingerprint density at radius 3 is 2.22 bits per heavy atom. The highest BCUT2D eigenvalue weighted by atomic mass is 16.5. The van der Waals surface area contributed by atoms with Gasteiger partial charge in [-0.2, -0.15) is 0 Å². The molecule has 0 radical (unpaired) electrons. The number of aryl methyl sites for hydroxylation is 1. The quantitative estimate of drug-likeness (QED) is 0.823. The molecular formula is C15H22O3. The van der Waals surface area contributed by atoms with Gasteiger partial charge < -0.3 is 14.2 Å². The van der Waals surface area contributed by atoms with Gasteiger partial charge in [-0.1, -0.05) is 13.8 Å².